The summed E-state index contributed by atoms with van der Waals surface area (Å²) in [6.45, 7) is 6.48. The normalized spacial score (nSPS) is 15.7. The summed E-state index contributed by atoms with van der Waals surface area (Å²) in [6.07, 6.45) is 4.85. The molecule has 0 atom stereocenters. The van der Waals surface area contributed by atoms with Crippen LogP contribution in [0.2, 0.25) is 0 Å². The summed E-state index contributed by atoms with van der Waals surface area (Å²) in [5.74, 6) is 2.25. The van der Waals surface area contributed by atoms with E-state index in [1.165, 1.54) is 0 Å². The average Bonchev–Trinajstić information content (AvgIpc) is 3.13. The van der Waals surface area contributed by atoms with E-state index >= 15 is 0 Å². The third-order valence-electron chi connectivity index (χ3n) is 4.11. The lowest BCUT2D eigenvalue weighted by molar-refractivity contribution is -0.135. The molecule has 1 fully saturated rings. The minimum atomic E-state index is 0. The van der Waals surface area contributed by atoms with E-state index in [4.69, 9.17) is 0 Å². The number of aromatic nitrogens is 1. The number of thioether (sulfide) groups is 1. The number of aliphatic imine (C=N–C) groups is 1. The molecule has 1 aromatic rings. The van der Waals surface area contributed by atoms with Crippen molar-refractivity contribution in [2.75, 3.05) is 32.4 Å². The number of thiazole rings is 1. The Bertz CT molecular complexity index is 545. The molecular formula is C17H30IN5OS2. The molecule has 1 amide bonds. The van der Waals surface area contributed by atoms with Gasteiger partial charge in [-0.3, -0.25) is 9.79 Å². The highest BCUT2D eigenvalue weighted by Gasteiger charge is 2.24. The van der Waals surface area contributed by atoms with Crippen LogP contribution in [0.15, 0.2) is 20.9 Å². The predicted molar refractivity (Wildman–Crippen MR) is 122 cm³/mol. The number of likely N-dealkylation sites (tertiary alicyclic amines) is 1. The summed E-state index contributed by atoms with van der Waals surface area (Å²) in [6, 6.07) is 0.382. The van der Waals surface area contributed by atoms with Gasteiger partial charge in [0.05, 0.1) is 0 Å². The average molecular weight is 511 g/mol. The third-order valence-corrected chi connectivity index (χ3v) is 6.17. The van der Waals surface area contributed by atoms with Crippen molar-refractivity contribution in [3.63, 3.8) is 0 Å². The first kappa shape index (κ1) is 23.5. The molecular weight excluding hydrogens is 481 g/mol. The highest BCUT2D eigenvalue weighted by Crippen LogP contribution is 2.20. The van der Waals surface area contributed by atoms with Crippen molar-refractivity contribution in [3.8, 4) is 0 Å². The van der Waals surface area contributed by atoms with Gasteiger partial charge in [-0.1, -0.05) is 25.6 Å². The maximum atomic E-state index is 12.0. The van der Waals surface area contributed by atoms with Gasteiger partial charge in [0, 0.05) is 56.0 Å². The molecule has 0 radical (unpaired) electrons. The van der Waals surface area contributed by atoms with Crippen LogP contribution >= 0.6 is 47.1 Å². The third kappa shape index (κ3) is 7.99. The summed E-state index contributed by atoms with van der Waals surface area (Å²) in [5.41, 5.74) is 0. The molecule has 1 saturated heterocycles. The summed E-state index contributed by atoms with van der Waals surface area (Å²) in [4.78, 5) is 22.6. The first-order chi connectivity index (χ1) is 12.1. The zero-order valence-corrected chi connectivity index (χ0v) is 19.7. The van der Waals surface area contributed by atoms with E-state index in [1.54, 1.807) is 30.1 Å². The molecule has 1 aliphatic heterocycles. The first-order valence-electron chi connectivity index (χ1n) is 8.88. The number of hydrogen-bond donors (Lipinski definition) is 2. The number of nitrogens with one attached hydrogen (secondary N) is 2. The molecule has 6 nitrogen and oxygen atoms in total. The molecule has 0 unspecified atom stereocenters. The van der Waals surface area contributed by atoms with E-state index < -0.39 is 0 Å². The van der Waals surface area contributed by atoms with E-state index in [9.17, 15) is 4.79 Å². The Hall–Kier alpha value is -0.550. The zero-order chi connectivity index (χ0) is 18.1. The molecule has 0 saturated carbocycles. The second-order valence-corrected chi connectivity index (χ2v) is 8.63. The number of hydrogen-bond acceptors (Lipinski definition) is 5. The van der Waals surface area contributed by atoms with Crippen molar-refractivity contribution in [1.82, 2.24) is 20.5 Å². The standard InChI is InChI=1S/C17H29N5OS2.HI/c1-13(2)15(23)22-9-5-14(6-10-22)21-16(18-3)19-7-4-11-24-17-20-8-12-25-17;/h8,12-14H,4-7,9-11H2,1-3H3,(H2,18,19,21);1H. The number of rotatable bonds is 7. The predicted octanol–water partition coefficient (Wildman–Crippen LogP) is 3.06. The van der Waals surface area contributed by atoms with E-state index in [2.05, 4.69) is 20.6 Å². The van der Waals surface area contributed by atoms with Gasteiger partial charge in [-0.05, 0) is 19.3 Å². The van der Waals surface area contributed by atoms with Crippen LogP contribution in [0.3, 0.4) is 0 Å². The van der Waals surface area contributed by atoms with Crippen molar-refractivity contribution >= 4 is 58.9 Å². The van der Waals surface area contributed by atoms with Crippen molar-refractivity contribution in [2.45, 2.75) is 43.5 Å². The van der Waals surface area contributed by atoms with E-state index in [0.717, 1.165) is 54.9 Å². The number of carbonyl (C=O) groups excluding carboxylic acids is 1. The number of halogens is 1. The largest absolute Gasteiger partial charge is 0.356 e. The van der Waals surface area contributed by atoms with Gasteiger partial charge in [0.2, 0.25) is 5.91 Å². The van der Waals surface area contributed by atoms with Crippen molar-refractivity contribution in [2.24, 2.45) is 10.9 Å². The molecule has 26 heavy (non-hydrogen) atoms. The van der Waals surface area contributed by atoms with E-state index in [0.29, 0.717) is 6.04 Å². The van der Waals surface area contributed by atoms with Gasteiger partial charge < -0.3 is 15.5 Å². The quantitative estimate of drug-likeness (QED) is 0.194. The monoisotopic (exact) mass is 511 g/mol. The SMILES string of the molecule is CN=C(NCCCSc1nccs1)NC1CCN(C(=O)C(C)C)CC1.I. The van der Waals surface area contributed by atoms with Crippen LogP contribution in [0.1, 0.15) is 33.1 Å². The fourth-order valence-corrected chi connectivity index (χ4v) is 4.36. The van der Waals surface area contributed by atoms with Crippen LogP contribution in [0, 0.1) is 5.92 Å². The molecule has 1 aromatic heterocycles. The number of guanidine groups is 1. The highest BCUT2D eigenvalue weighted by molar-refractivity contribution is 14.0. The molecule has 1 aliphatic rings. The van der Waals surface area contributed by atoms with Gasteiger partial charge in [0.1, 0.15) is 4.34 Å². The van der Waals surface area contributed by atoms with Gasteiger partial charge in [-0.2, -0.15) is 0 Å². The minimum absolute atomic E-state index is 0. The Morgan fingerprint density at radius 3 is 2.77 bits per heavy atom. The Morgan fingerprint density at radius 1 is 1.46 bits per heavy atom. The maximum Gasteiger partial charge on any atom is 0.225 e. The molecule has 2 rings (SSSR count). The summed E-state index contributed by atoms with van der Waals surface area (Å²) >= 11 is 3.48. The fourth-order valence-electron chi connectivity index (χ4n) is 2.72. The van der Waals surface area contributed by atoms with Gasteiger partial charge in [0.15, 0.2) is 5.96 Å². The summed E-state index contributed by atoms with van der Waals surface area (Å²) in [5, 5.41) is 8.87. The fraction of sp³-hybridized carbons (Fsp3) is 0.706. The van der Waals surface area contributed by atoms with Crippen LogP contribution in [0.25, 0.3) is 0 Å². The Balaban J connectivity index is 0.00000338. The molecule has 2 N–H and O–H groups in total. The second kappa shape index (κ2) is 12.8. The number of amides is 1. The van der Waals surface area contributed by atoms with Crippen molar-refractivity contribution in [1.29, 1.82) is 0 Å². The van der Waals surface area contributed by atoms with E-state index in [1.807, 2.05) is 30.3 Å². The zero-order valence-electron chi connectivity index (χ0n) is 15.7. The van der Waals surface area contributed by atoms with Gasteiger partial charge in [-0.15, -0.1) is 35.3 Å². The summed E-state index contributed by atoms with van der Waals surface area (Å²) in [7, 11) is 1.80. The van der Waals surface area contributed by atoms with Gasteiger partial charge in [-0.25, -0.2) is 4.98 Å². The molecule has 148 valence electrons. The van der Waals surface area contributed by atoms with E-state index in [-0.39, 0.29) is 35.8 Å². The number of piperidine rings is 1. The molecule has 0 aliphatic carbocycles. The number of nitrogens with zero attached hydrogens (tertiary/aromatic N) is 3. The molecule has 9 heteroatoms. The lowest BCUT2D eigenvalue weighted by Gasteiger charge is -2.34. The van der Waals surface area contributed by atoms with Crippen molar-refractivity contribution in [3.05, 3.63) is 11.6 Å². The second-order valence-electron chi connectivity index (χ2n) is 6.40. The first-order valence-corrected chi connectivity index (χ1v) is 10.7. The Morgan fingerprint density at radius 2 is 2.19 bits per heavy atom. The van der Waals surface area contributed by atoms with Crippen LogP contribution in [-0.4, -0.2) is 60.2 Å². The summed E-state index contributed by atoms with van der Waals surface area (Å²) < 4.78 is 1.13. The minimum Gasteiger partial charge on any atom is -0.356 e. The lowest BCUT2D eigenvalue weighted by atomic mass is 10.0. The molecule has 0 bridgehead atoms. The van der Waals surface area contributed by atoms with Crippen LogP contribution in [0.4, 0.5) is 0 Å². The Kier molecular flexibility index (Phi) is 11.5. The molecule has 0 aromatic carbocycles. The van der Waals surface area contributed by atoms with Gasteiger partial charge in [0.25, 0.3) is 0 Å². The van der Waals surface area contributed by atoms with Crippen LogP contribution in [-0.2, 0) is 4.79 Å². The highest BCUT2D eigenvalue weighted by atomic mass is 127. The van der Waals surface area contributed by atoms with Crippen LogP contribution in [0.5, 0.6) is 0 Å². The topological polar surface area (TPSA) is 69.6 Å². The van der Waals surface area contributed by atoms with Crippen LogP contribution < -0.4 is 10.6 Å². The maximum absolute atomic E-state index is 12.0. The lowest BCUT2D eigenvalue weighted by Crippen LogP contribution is -2.50. The van der Waals surface area contributed by atoms with Gasteiger partial charge >= 0.3 is 0 Å². The Labute approximate surface area is 182 Å². The molecule has 0 spiro atoms. The van der Waals surface area contributed by atoms with Crippen molar-refractivity contribution < 1.29 is 4.79 Å². The molecule has 2 heterocycles. The number of carbonyl (C=O) groups is 1. The smallest absolute Gasteiger partial charge is 0.225 e.